The van der Waals surface area contributed by atoms with Gasteiger partial charge in [-0.2, -0.15) is 0 Å². The molecule has 0 aliphatic carbocycles. The molecule has 2 N–H and O–H groups in total. The van der Waals surface area contributed by atoms with Crippen molar-refractivity contribution >= 4 is 5.97 Å². The second-order valence-corrected chi connectivity index (χ2v) is 6.89. The molecule has 2 rings (SSSR count). The summed E-state index contributed by atoms with van der Waals surface area (Å²) in [5, 5.41) is 12.5. The third kappa shape index (κ3) is 3.21. The SMILES string of the molecule is COc1cc(C)c(C2CC(C(=O)O)CN2)cc1C(C)(C)C. The number of aryl methyl sites for hydroxylation is 1. The molecular formula is C17H25NO3. The third-order valence-electron chi connectivity index (χ3n) is 4.25. The Labute approximate surface area is 126 Å². The first-order valence-electron chi connectivity index (χ1n) is 7.39. The van der Waals surface area contributed by atoms with E-state index in [9.17, 15) is 4.79 Å². The molecule has 1 aromatic carbocycles. The lowest BCUT2D eigenvalue weighted by atomic mass is 9.83. The van der Waals surface area contributed by atoms with Crippen molar-refractivity contribution in [2.75, 3.05) is 13.7 Å². The molecule has 0 radical (unpaired) electrons. The Balaban J connectivity index is 2.39. The zero-order valence-corrected chi connectivity index (χ0v) is 13.5. The first-order chi connectivity index (χ1) is 9.74. The topological polar surface area (TPSA) is 58.6 Å². The van der Waals surface area contributed by atoms with Crippen molar-refractivity contribution in [3.63, 3.8) is 0 Å². The van der Waals surface area contributed by atoms with Crippen molar-refractivity contribution in [2.24, 2.45) is 5.92 Å². The maximum Gasteiger partial charge on any atom is 0.307 e. The molecule has 0 spiro atoms. The largest absolute Gasteiger partial charge is 0.496 e. The van der Waals surface area contributed by atoms with E-state index in [4.69, 9.17) is 9.84 Å². The average Bonchev–Trinajstić information content (AvgIpc) is 2.86. The van der Waals surface area contributed by atoms with Gasteiger partial charge in [-0.05, 0) is 47.6 Å². The molecule has 2 atom stereocenters. The number of benzene rings is 1. The van der Waals surface area contributed by atoms with Crippen LogP contribution in [-0.4, -0.2) is 24.7 Å². The molecule has 1 aliphatic rings. The van der Waals surface area contributed by atoms with Crippen LogP contribution in [0.2, 0.25) is 0 Å². The van der Waals surface area contributed by atoms with Gasteiger partial charge in [0.05, 0.1) is 13.0 Å². The highest BCUT2D eigenvalue weighted by Gasteiger charge is 2.32. The van der Waals surface area contributed by atoms with Crippen LogP contribution in [0, 0.1) is 12.8 Å². The van der Waals surface area contributed by atoms with Gasteiger partial charge in [0.15, 0.2) is 0 Å². The summed E-state index contributed by atoms with van der Waals surface area (Å²) in [6.45, 7) is 9.07. The van der Waals surface area contributed by atoms with Crippen molar-refractivity contribution in [3.05, 3.63) is 28.8 Å². The van der Waals surface area contributed by atoms with Crippen molar-refractivity contribution in [1.82, 2.24) is 5.32 Å². The standard InChI is InChI=1S/C17H25NO3/c1-10-6-15(21-5)13(17(2,3)4)8-12(10)14-7-11(9-18-14)16(19)20/h6,8,11,14,18H,7,9H2,1-5H3,(H,19,20). The van der Waals surface area contributed by atoms with Crippen LogP contribution in [0.5, 0.6) is 5.75 Å². The Bertz CT molecular complexity index is 546. The highest BCUT2D eigenvalue weighted by molar-refractivity contribution is 5.71. The summed E-state index contributed by atoms with van der Waals surface area (Å²) >= 11 is 0. The lowest BCUT2D eigenvalue weighted by Gasteiger charge is -2.25. The van der Waals surface area contributed by atoms with E-state index in [0.717, 1.165) is 16.9 Å². The van der Waals surface area contributed by atoms with Crippen LogP contribution in [0.25, 0.3) is 0 Å². The minimum atomic E-state index is -0.716. The van der Waals surface area contributed by atoms with Gasteiger partial charge in [0.25, 0.3) is 0 Å². The Morgan fingerprint density at radius 1 is 1.38 bits per heavy atom. The van der Waals surface area contributed by atoms with Gasteiger partial charge in [-0.15, -0.1) is 0 Å². The number of rotatable bonds is 3. The van der Waals surface area contributed by atoms with Gasteiger partial charge in [0.2, 0.25) is 0 Å². The maximum atomic E-state index is 11.1. The molecule has 1 fully saturated rings. The van der Waals surface area contributed by atoms with Crippen LogP contribution in [0.3, 0.4) is 0 Å². The molecule has 4 heteroatoms. The van der Waals surface area contributed by atoms with Gasteiger partial charge < -0.3 is 15.2 Å². The summed E-state index contributed by atoms with van der Waals surface area (Å²) in [7, 11) is 1.69. The molecule has 0 amide bonds. The quantitative estimate of drug-likeness (QED) is 0.898. The van der Waals surface area contributed by atoms with Gasteiger partial charge in [0.1, 0.15) is 5.75 Å². The highest BCUT2D eigenvalue weighted by atomic mass is 16.5. The van der Waals surface area contributed by atoms with E-state index in [1.165, 1.54) is 5.56 Å². The van der Waals surface area contributed by atoms with E-state index in [1.54, 1.807) is 7.11 Å². The van der Waals surface area contributed by atoms with Crippen LogP contribution in [0.1, 0.15) is 49.9 Å². The molecular weight excluding hydrogens is 266 g/mol. The number of aliphatic carboxylic acids is 1. The van der Waals surface area contributed by atoms with Crippen LogP contribution in [-0.2, 0) is 10.2 Å². The Morgan fingerprint density at radius 2 is 2.05 bits per heavy atom. The second-order valence-electron chi connectivity index (χ2n) is 6.89. The van der Waals surface area contributed by atoms with Crippen molar-refractivity contribution < 1.29 is 14.6 Å². The predicted octanol–water partition coefficient (Wildman–Crippen LogP) is 3.04. The van der Waals surface area contributed by atoms with Crippen molar-refractivity contribution in [3.8, 4) is 5.75 Å². The van der Waals surface area contributed by atoms with E-state index in [0.29, 0.717) is 13.0 Å². The molecule has 2 unspecified atom stereocenters. The molecule has 0 bridgehead atoms. The molecule has 116 valence electrons. The summed E-state index contributed by atoms with van der Waals surface area (Å²) in [5.41, 5.74) is 3.47. The lowest BCUT2D eigenvalue weighted by molar-refractivity contribution is -0.141. The molecule has 4 nitrogen and oxygen atoms in total. The zero-order valence-electron chi connectivity index (χ0n) is 13.5. The number of methoxy groups -OCH3 is 1. The summed E-state index contributed by atoms with van der Waals surface area (Å²) in [4.78, 5) is 11.1. The molecule has 0 aromatic heterocycles. The molecule has 1 heterocycles. The fourth-order valence-electron chi connectivity index (χ4n) is 2.99. The van der Waals surface area contributed by atoms with Crippen LogP contribution in [0.15, 0.2) is 12.1 Å². The predicted molar refractivity (Wildman–Crippen MR) is 82.9 cm³/mol. The van der Waals surface area contributed by atoms with Gasteiger partial charge in [-0.1, -0.05) is 20.8 Å². The zero-order chi connectivity index (χ0) is 15.8. The van der Waals surface area contributed by atoms with E-state index >= 15 is 0 Å². The molecule has 21 heavy (non-hydrogen) atoms. The van der Waals surface area contributed by atoms with E-state index in [-0.39, 0.29) is 17.4 Å². The van der Waals surface area contributed by atoms with E-state index in [1.807, 2.05) is 0 Å². The molecule has 1 aromatic rings. The first-order valence-corrected chi connectivity index (χ1v) is 7.39. The van der Waals surface area contributed by atoms with Gasteiger partial charge in [0, 0.05) is 12.6 Å². The Hall–Kier alpha value is -1.55. The number of carboxylic acid groups (broad SMARTS) is 1. The monoisotopic (exact) mass is 291 g/mol. The van der Waals surface area contributed by atoms with Crippen molar-refractivity contribution in [2.45, 2.75) is 45.6 Å². The maximum absolute atomic E-state index is 11.1. The van der Waals surface area contributed by atoms with E-state index in [2.05, 4.69) is 45.1 Å². The first kappa shape index (κ1) is 15.8. The molecule has 0 saturated carbocycles. The van der Waals surface area contributed by atoms with Crippen molar-refractivity contribution in [1.29, 1.82) is 0 Å². The fraction of sp³-hybridized carbons (Fsp3) is 0.588. The number of ether oxygens (including phenoxy) is 1. The van der Waals surface area contributed by atoms with Gasteiger partial charge in [-0.25, -0.2) is 0 Å². The van der Waals surface area contributed by atoms with Crippen LogP contribution >= 0.6 is 0 Å². The van der Waals surface area contributed by atoms with Gasteiger partial charge >= 0.3 is 5.97 Å². The van der Waals surface area contributed by atoms with Crippen LogP contribution in [0.4, 0.5) is 0 Å². The number of hydrogen-bond donors (Lipinski definition) is 2. The summed E-state index contributed by atoms with van der Waals surface area (Å²) in [6.07, 6.45) is 0.645. The number of hydrogen-bond acceptors (Lipinski definition) is 3. The minimum absolute atomic E-state index is 0.0153. The van der Waals surface area contributed by atoms with Gasteiger partial charge in [-0.3, -0.25) is 4.79 Å². The smallest absolute Gasteiger partial charge is 0.307 e. The minimum Gasteiger partial charge on any atom is -0.496 e. The molecule has 1 saturated heterocycles. The van der Waals surface area contributed by atoms with E-state index < -0.39 is 5.97 Å². The summed E-state index contributed by atoms with van der Waals surface area (Å²) < 4.78 is 5.52. The highest BCUT2D eigenvalue weighted by Crippen LogP contribution is 2.37. The normalized spacial score (nSPS) is 22.3. The Morgan fingerprint density at radius 3 is 2.52 bits per heavy atom. The molecule has 1 aliphatic heterocycles. The summed E-state index contributed by atoms with van der Waals surface area (Å²) in [5.74, 6) is -0.113. The third-order valence-corrected chi connectivity index (χ3v) is 4.25. The average molecular weight is 291 g/mol. The number of carboxylic acids is 1. The lowest BCUT2D eigenvalue weighted by Crippen LogP contribution is -2.19. The second kappa shape index (κ2) is 5.68. The van der Waals surface area contributed by atoms with Crippen LogP contribution < -0.4 is 10.1 Å². The summed E-state index contributed by atoms with van der Waals surface area (Å²) in [6, 6.07) is 4.35. The fourth-order valence-corrected chi connectivity index (χ4v) is 2.99. The number of carbonyl (C=O) groups is 1. The Kier molecular flexibility index (Phi) is 4.28. The number of nitrogens with one attached hydrogen (secondary N) is 1.